The maximum absolute atomic E-state index is 13.7. The first kappa shape index (κ1) is 15.7. The zero-order valence-corrected chi connectivity index (χ0v) is 13.2. The summed E-state index contributed by atoms with van der Waals surface area (Å²) in [5.74, 6) is -1.81. The maximum Gasteiger partial charge on any atom is 0.262 e. The van der Waals surface area contributed by atoms with Gasteiger partial charge in [0, 0.05) is 23.3 Å². The Morgan fingerprint density at radius 1 is 1.10 bits per heavy atom. The average molecular weight is 377 g/mol. The Hall–Kier alpha value is -1.67. The maximum atomic E-state index is 13.7. The van der Waals surface area contributed by atoms with Crippen molar-refractivity contribution >= 4 is 37.3 Å². The van der Waals surface area contributed by atoms with E-state index in [0.29, 0.717) is 6.07 Å². The fraction of sp³-hybridized carbons (Fsp3) is 0.0769. The monoisotopic (exact) mass is 376 g/mol. The molecule has 0 bridgehead atoms. The highest BCUT2D eigenvalue weighted by Gasteiger charge is 2.19. The van der Waals surface area contributed by atoms with Gasteiger partial charge in [-0.25, -0.2) is 17.2 Å². The van der Waals surface area contributed by atoms with Crippen LogP contribution in [0.3, 0.4) is 0 Å². The van der Waals surface area contributed by atoms with Crippen molar-refractivity contribution in [2.45, 2.75) is 4.90 Å². The normalized spacial score (nSPS) is 11.2. The van der Waals surface area contributed by atoms with E-state index in [-0.39, 0.29) is 15.1 Å². The van der Waals surface area contributed by atoms with Gasteiger partial charge in [-0.05, 0) is 46.3 Å². The first-order chi connectivity index (χ1) is 9.83. The lowest BCUT2D eigenvalue weighted by atomic mass is 10.3. The molecule has 0 amide bonds. The van der Waals surface area contributed by atoms with Crippen LogP contribution < -0.4 is 10.0 Å². The van der Waals surface area contributed by atoms with Crippen LogP contribution in [0, 0.1) is 11.6 Å². The Morgan fingerprint density at radius 3 is 2.24 bits per heavy atom. The Bertz CT molecular complexity index is 741. The molecule has 0 fully saturated rings. The van der Waals surface area contributed by atoms with Crippen LogP contribution in [0.25, 0.3) is 0 Å². The Balaban J connectivity index is 2.37. The molecule has 0 heterocycles. The number of hydrogen-bond donors (Lipinski definition) is 2. The van der Waals surface area contributed by atoms with Crippen LogP contribution in [-0.4, -0.2) is 15.5 Å². The Morgan fingerprint density at radius 2 is 1.71 bits per heavy atom. The van der Waals surface area contributed by atoms with Crippen molar-refractivity contribution in [2.75, 3.05) is 17.1 Å². The quantitative estimate of drug-likeness (QED) is 0.857. The number of benzene rings is 2. The van der Waals surface area contributed by atoms with E-state index in [0.717, 1.165) is 11.8 Å². The molecule has 0 aromatic heterocycles. The zero-order valence-electron chi connectivity index (χ0n) is 10.8. The predicted octanol–water partition coefficient (Wildman–Crippen LogP) is 3.57. The van der Waals surface area contributed by atoms with Crippen LogP contribution in [0.2, 0.25) is 0 Å². The number of halogens is 3. The molecule has 0 unspecified atom stereocenters. The summed E-state index contributed by atoms with van der Waals surface area (Å²) >= 11 is 2.93. The van der Waals surface area contributed by atoms with Crippen LogP contribution in [0.4, 0.5) is 20.2 Å². The van der Waals surface area contributed by atoms with Crippen molar-refractivity contribution < 1.29 is 17.2 Å². The third-order valence-electron chi connectivity index (χ3n) is 2.70. The molecule has 0 atom stereocenters. The van der Waals surface area contributed by atoms with Crippen LogP contribution in [-0.2, 0) is 10.0 Å². The largest absolute Gasteiger partial charge is 0.388 e. The van der Waals surface area contributed by atoms with Crippen LogP contribution in [0.1, 0.15) is 0 Å². The summed E-state index contributed by atoms with van der Waals surface area (Å²) in [5, 5.41) is 2.86. The van der Waals surface area contributed by atoms with Crippen molar-refractivity contribution in [3.8, 4) is 0 Å². The van der Waals surface area contributed by atoms with Gasteiger partial charge in [0.1, 0.15) is 5.82 Å². The minimum absolute atomic E-state index is 0.0181. The van der Waals surface area contributed by atoms with Gasteiger partial charge in [-0.15, -0.1) is 0 Å². The standard InChI is InChI=1S/C13H11BrF2N2O2S/c1-17-9-2-4-10(5-3-9)21(19,20)18-13-11(14)6-8(15)7-12(13)16/h2-7,17-18H,1H3. The van der Waals surface area contributed by atoms with E-state index in [1.165, 1.54) is 12.1 Å². The Kier molecular flexibility index (Phi) is 4.48. The summed E-state index contributed by atoms with van der Waals surface area (Å²) in [6, 6.07) is 7.49. The Labute approximate surface area is 129 Å². The van der Waals surface area contributed by atoms with Crippen LogP contribution >= 0.6 is 15.9 Å². The number of nitrogens with one attached hydrogen (secondary N) is 2. The molecule has 21 heavy (non-hydrogen) atoms. The summed E-state index contributed by atoms with van der Waals surface area (Å²) in [5.41, 5.74) is 0.400. The fourth-order valence-electron chi connectivity index (χ4n) is 1.63. The zero-order chi connectivity index (χ0) is 15.6. The van der Waals surface area contributed by atoms with E-state index >= 15 is 0 Å². The predicted molar refractivity (Wildman–Crippen MR) is 80.9 cm³/mol. The van der Waals surface area contributed by atoms with Crippen LogP contribution in [0.5, 0.6) is 0 Å². The van der Waals surface area contributed by atoms with E-state index in [4.69, 9.17) is 0 Å². The second kappa shape index (κ2) is 5.98. The molecule has 0 aliphatic rings. The molecule has 4 nitrogen and oxygen atoms in total. The third kappa shape index (κ3) is 3.51. The summed E-state index contributed by atoms with van der Waals surface area (Å²) in [6.45, 7) is 0. The van der Waals surface area contributed by atoms with E-state index in [1.807, 2.05) is 0 Å². The van der Waals surface area contributed by atoms with Gasteiger partial charge < -0.3 is 5.32 Å². The molecular weight excluding hydrogens is 366 g/mol. The molecule has 2 aromatic rings. The molecule has 0 radical (unpaired) electrons. The van der Waals surface area contributed by atoms with Gasteiger partial charge in [-0.1, -0.05) is 0 Å². The summed E-state index contributed by atoms with van der Waals surface area (Å²) < 4.78 is 53.1. The van der Waals surface area contributed by atoms with Crippen molar-refractivity contribution in [2.24, 2.45) is 0 Å². The van der Waals surface area contributed by atoms with E-state index in [9.17, 15) is 17.2 Å². The lowest BCUT2D eigenvalue weighted by Crippen LogP contribution is -2.14. The SMILES string of the molecule is CNc1ccc(S(=O)(=O)Nc2c(F)cc(F)cc2Br)cc1. The van der Waals surface area contributed by atoms with E-state index in [1.54, 1.807) is 19.2 Å². The fourth-order valence-corrected chi connectivity index (χ4v) is 3.36. The lowest BCUT2D eigenvalue weighted by Gasteiger charge is -2.11. The van der Waals surface area contributed by atoms with Crippen molar-refractivity contribution in [1.82, 2.24) is 0 Å². The molecule has 2 rings (SSSR count). The van der Waals surface area contributed by atoms with Gasteiger partial charge in [0.15, 0.2) is 5.82 Å². The van der Waals surface area contributed by atoms with Gasteiger partial charge in [-0.3, -0.25) is 4.72 Å². The van der Waals surface area contributed by atoms with Gasteiger partial charge >= 0.3 is 0 Å². The number of anilines is 2. The van der Waals surface area contributed by atoms with Gasteiger partial charge in [0.2, 0.25) is 0 Å². The molecular formula is C13H11BrF2N2O2S. The number of hydrogen-bond acceptors (Lipinski definition) is 3. The number of rotatable bonds is 4. The highest BCUT2D eigenvalue weighted by molar-refractivity contribution is 9.10. The van der Waals surface area contributed by atoms with Crippen molar-refractivity contribution in [3.05, 3.63) is 52.5 Å². The van der Waals surface area contributed by atoms with Crippen LogP contribution in [0.15, 0.2) is 45.8 Å². The highest BCUT2D eigenvalue weighted by atomic mass is 79.9. The molecule has 0 aliphatic heterocycles. The molecule has 112 valence electrons. The van der Waals surface area contributed by atoms with E-state index < -0.39 is 21.7 Å². The van der Waals surface area contributed by atoms with Gasteiger partial charge in [0.05, 0.1) is 10.6 Å². The van der Waals surface area contributed by atoms with Crippen molar-refractivity contribution in [3.63, 3.8) is 0 Å². The first-order valence-electron chi connectivity index (χ1n) is 5.78. The molecule has 0 aliphatic carbocycles. The van der Waals surface area contributed by atoms with Gasteiger partial charge in [0.25, 0.3) is 10.0 Å². The highest BCUT2D eigenvalue weighted by Crippen LogP contribution is 2.29. The third-order valence-corrected chi connectivity index (χ3v) is 4.69. The smallest absolute Gasteiger partial charge is 0.262 e. The minimum Gasteiger partial charge on any atom is -0.388 e. The molecule has 2 N–H and O–H groups in total. The molecule has 8 heteroatoms. The second-order valence-corrected chi connectivity index (χ2v) is 6.66. The summed E-state index contributed by atoms with van der Waals surface area (Å²) in [4.78, 5) is -0.0304. The first-order valence-corrected chi connectivity index (χ1v) is 8.06. The van der Waals surface area contributed by atoms with Gasteiger partial charge in [-0.2, -0.15) is 0 Å². The lowest BCUT2D eigenvalue weighted by molar-refractivity contribution is 0.581. The van der Waals surface area contributed by atoms with E-state index in [2.05, 4.69) is 26.0 Å². The van der Waals surface area contributed by atoms with Crippen molar-refractivity contribution in [1.29, 1.82) is 0 Å². The molecule has 2 aromatic carbocycles. The molecule has 0 saturated heterocycles. The number of sulfonamides is 1. The molecule has 0 saturated carbocycles. The summed E-state index contributed by atoms with van der Waals surface area (Å²) in [6.07, 6.45) is 0. The topological polar surface area (TPSA) is 58.2 Å². The second-order valence-electron chi connectivity index (χ2n) is 4.12. The molecule has 0 spiro atoms. The summed E-state index contributed by atoms with van der Waals surface area (Å²) in [7, 11) is -2.27. The minimum atomic E-state index is -3.97. The average Bonchev–Trinajstić information content (AvgIpc) is 2.43.